The first-order valence-electron chi connectivity index (χ1n) is 14.3. The van der Waals surface area contributed by atoms with Gasteiger partial charge in [0.2, 0.25) is 15.9 Å². The second kappa shape index (κ2) is 12.1. The molecule has 234 valence electrons. The van der Waals surface area contributed by atoms with Gasteiger partial charge in [0.25, 0.3) is 5.91 Å². The summed E-state index contributed by atoms with van der Waals surface area (Å²) < 4.78 is 53.1. The molecule has 2 saturated carbocycles. The van der Waals surface area contributed by atoms with Crippen molar-refractivity contribution in [1.82, 2.24) is 4.72 Å². The van der Waals surface area contributed by atoms with Gasteiger partial charge in [-0.1, -0.05) is 29.3 Å². The van der Waals surface area contributed by atoms with Gasteiger partial charge < -0.3 is 20.1 Å². The maximum Gasteiger partial charge on any atom is 0.267 e. The topological polar surface area (TPSA) is 145 Å². The van der Waals surface area contributed by atoms with E-state index in [2.05, 4.69) is 0 Å². The van der Waals surface area contributed by atoms with E-state index in [1.807, 2.05) is 4.72 Å². The molecule has 0 radical (unpaired) electrons. The van der Waals surface area contributed by atoms with Crippen LogP contribution in [0, 0.1) is 17.7 Å². The third-order valence-electron chi connectivity index (χ3n) is 8.68. The predicted molar refractivity (Wildman–Crippen MR) is 161 cm³/mol. The van der Waals surface area contributed by atoms with E-state index >= 15 is 4.39 Å². The highest BCUT2D eigenvalue weighted by Gasteiger charge is 2.52. The number of amides is 2. The Bertz CT molecular complexity index is 1650. The number of hydrogen-bond donors (Lipinski definition) is 2. The molecule has 2 heterocycles. The molecule has 10 nitrogen and oxygen atoms in total. The minimum atomic E-state index is -4.03. The number of fused-ring (bicyclic) bond motifs is 2. The van der Waals surface area contributed by atoms with Gasteiger partial charge in [-0.05, 0) is 62.4 Å². The summed E-state index contributed by atoms with van der Waals surface area (Å²) >= 11 is 12.7. The van der Waals surface area contributed by atoms with Crippen molar-refractivity contribution in [3.05, 3.63) is 69.0 Å². The Kier molecular flexibility index (Phi) is 8.48. The van der Waals surface area contributed by atoms with E-state index in [4.69, 9.17) is 38.4 Å². The fraction of sp³-hybridized carbons (Fsp3) is 0.433. The third-order valence-corrected chi connectivity index (χ3v) is 11.0. The number of nitrogens with zero attached hydrogens (tertiary/aromatic N) is 1. The maximum atomic E-state index is 15.1. The van der Waals surface area contributed by atoms with E-state index in [1.54, 1.807) is 18.2 Å². The lowest BCUT2D eigenvalue weighted by molar-refractivity contribution is -0.126. The van der Waals surface area contributed by atoms with Gasteiger partial charge in [0.15, 0.2) is 5.78 Å². The van der Waals surface area contributed by atoms with Crippen molar-refractivity contribution >= 4 is 62.2 Å². The molecule has 2 aromatic carbocycles. The van der Waals surface area contributed by atoms with Gasteiger partial charge in [-0.2, -0.15) is 0 Å². The van der Waals surface area contributed by atoms with Crippen molar-refractivity contribution in [1.29, 1.82) is 0 Å². The average molecular weight is 667 g/mol. The average Bonchev–Trinajstić information content (AvgIpc) is 3.34. The van der Waals surface area contributed by atoms with Gasteiger partial charge in [-0.3, -0.25) is 14.4 Å². The van der Waals surface area contributed by atoms with Crippen molar-refractivity contribution in [2.75, 3.05) is 24.7 Å². The molecule has 2 aromatic rings. The summed E-state index contributed by atoms with van der Waals surface area (Å²) in [6, 6.07) is 8.29. The summed E-state index contributed by atoms with van der Waals surface area (Å²) in [5.74, 6) is -3.10. The van der Waals surface area contributed by atoms with Gasteiger partial charge in [-0.15, -0.1) is 0 Å². The number of nitrogens with two attached hydrogens (primary N) is 1. The Hall–Kier alpha value is -3.03. The number of Topliss-reactive ketones (excluding diaryl/α,β-unsaturated/α-hetero) is 1. The van der Waals surface area contributed by atoms with Gasteiger partial charge >= 0.3 is 0 Å². The number of anilines is 1. The molecule has 4 fully saturated rings. The lowest BCUT2D eigenvalue weighted by atomic mass is 10.00. The minimum absolute atomic E-state index is 0.0358. The highest BCUT2D eigenvalue weighted by molar-refractivity contribution is 7.90. The van der Waals surface area contributed by atoms with E-state index in [1.165, 1.54) is 11.0 Å². The molecule has 3 N–H and O–H groups in total. The zero-order valence-corrected chi connectivity index (χ0v) is 25.8. The summed E-state index contributed by atoms with van der Waals surface area (Å²) in [6.07, 6.45) is 2.19. The Labute approximate surface area is 263 Å². The summed E-state index contributed by atoms with van der Waals surface area (Å²) in [6.45, 7) is 0.118. The second-order valence-electron chi connectivity index (χ2n) is 11.5. The molecule has 2 aliphatic heterocycles. The zero-order chi connectivity index (χ0) is 31.3. The number of ether oxygens (including phenoxy) is 2. The largest absolute Gasteiger partial charge is 0.398 e. The number of carbonyl (C=O) groups excluding carboxylic acids is 3. The smallest absolute Gasteiger partial charge is 0.267 e. The second-order valence-corrected chi connectivity index (χ2v) is 14.3. The van der Waals surface area contributed by atoms with Crippen LogP contribution in [0.3, 0.4) is 0 Å². The number of benzene rings is 2. The minimum Gasteiger partial charge on any atom is -0.398 e. The number of rotatable bonds is 10. The van der Waals surface area contributed by atoms with Gasteiger partial charge in [0.1, 0.15) is 11.1 Å². The van der Waals surface area contributed by atoms with E-state index in [-0.39, 0.29) is 66.8 Å². The zero-order valence-electron chi connectivity index (χ0n) is 23.4. The van der Waals surface area contributed by atoms with Crippen LogP contribution < -0.4 is 15.4 Å². The van der Waals surface area contributed by atoms with Crippen LogP contribution in [0.25, 0.3) is 5.70 Å². The van der Waals surface area contributed by atoms with Gasteiger partial charge in [0.05, 0.1) is 46.5 Å². The molecule has 14 heteroatoms. The third kappa shape index (κ3) is 5.85. The van der Waals surface area contributed by atoms with Crippen LogP contribution in [0.1, 0.15) is 48.0 Å². The molecular weight excluding hydrogens is 636 g/mol. The molecule has 6 rings (SSSR count). The van der Waals surface area contributed by atoms with Crippen LogP contribution in [0.15, 0.2) is 42.0 Å². The Morgan fingerprint density at radius 2 is 1.84 bits per heavy atom. The standard InChI is InChI=1S/C30H30Cl2FN3O7S/c31-22-2-1-3-23(32)26(22)27(34)21(28(37)15-4-5-15)14-43-25-12-17-10-20(25)30(39)36(17)16-6-7-19(24(33)11-16)29(38)35-44(40,41)18-8-9-42-13-18/h1-3,6-7,11,15,17-18,20,25H,4-5,8-10,12-14,34H2,(H,35,38)/t17-,18?,20+,25+/m0/s1. The highest BCUT2D eigenvalue weighted by Crippen LogP contribution is 2.44. The lowest BCUT2D eigenvalue weighted by Crippen LogP contribution is -2.43. The molecule has 4 aliphatic rings. The monoisotopic (exact) mass is 665 g/mol. The Morgan fingerprint density at radius 1 is 1.11 bits per heavy atom. The summed E-state index contributed by atoms with van der Waals surface area (Å²) in [4.78, 5) is 40.6. The van der Waals surface area contributed by atoms with Crippen molar-refractivity contribution in [2.24, 2.45) is 17.6 Å². The number of sulfonamides is 1. The van der Waals surface area contributed by atoms with E-state index in [0.717, 1.165) is 25.0 Å². The van der Waals surface area contributed by atoms with Crippen LogP contribution in [-0.4, -0.2) is 63.2 Å². The molecule has 4 atom stereocenters. The molecule has 2 bridgehead atoms. The lowest BCUT2D eigenvalue weighted by Gasteiger charge is -2.31. The van der Waals surface area contributed by atoms with E-state index < -0.39 is 44.6 Å². The Morgan fingerprint density at radius 3 is 2.45 bits per heavy atom. The van der Waals surface area contributed by atoms with Crippen molar-refractivity contribution < 1.29 is 36.7 Å². The molecule has 0 spiro atoms. The normalized spacial score (nSPS) is 25.3. The quantitative estimate of drug-likeness (QED) is 0.364. The van der Waals surface area contributed by atoms with Gasteiger partial charge in [-0.25, -0.2) is 17.5 Å². The fourth-order valence-electron chi connectivity index (χ4n) is 6.16. The maximum absolute atomic E-state index is 15.1. The molecule has 2 saturated heterocycles. The molecule has 44 heavy (non-hydrogen) atoms. The molecule has 2 aliphatic carbocycles. The molecular formula is C30H30Cl2FN3O7S. The van der Waals surface area contributed by atoms with E-state index in [9.17, 15) is 22.8 Å². The van der Waals surface area contributed by atoms with Crippen LogP contribution in [0.4, 0.5) is 10.1 Å². The number of nitrogens with one attached hydrogen (secondary N) is 1. The van der Waals surface area contributed by atoms with Crippen LogP contribution in [-0.2, 0) is 29.1 Å². The molecule has 2 amide bonds. The SMILES string of the molecule is NC(=C(CO[C@@H]1C[C@@H]2C[C@H]1C(=O)N2c1ccc(C(=O)NS(=O)(=O)C2CCOC2)c(F)c1)C(=O)C1CC1)c1c(Cl)cccc1Cl. The van der Waals surface area contributed by atoms with E-state index in [0.29, 0.717) is 28.5 Å². The number of hydrogen-bond acceptors (Lipinski definition) is 8. The van der Waals surface area contributed by atoms with Crippen LogP contribution in [0.2, 0.25) is 10.0 Å². The van der Waals surface area contributed by atoms with Crippen molar-refractivity contribution in [2.45, 2.75) is 49.5 Å². The number of carbonyl (C=O) groups is 3. The summed E-state index contributed by atoms with van der Waals surface area (Å²) in [5, 5.41) is -0.268. The molecule has 0 aromatic heterocycles. The van der Waals surface area contributed by atoms with Gasteiger partial charge in [0, 0.05) is 35.4 Å². The number of halogens is 3. The van der Waals surface area contributed by atoms with Crippen molar-refractivity contribution in [3.8, 4) is 0 Å². The first-order chi connectivity index (χ1) is 21.0. The number of piperidine rings is 1. The highest BCUT2D eigenvalue weighted by atomic mass is 35.5. The fourth-order valence-corrected chi connectivity index (χ4v) is 7.98. The molecule has 1 unspecified atom stereocenters. The summed E-state index contributed by atoms with van der Waals surface area (Å²) in [7, 11) is -4.03. The Balaban J connectivity index is 1.14. The van der Waals surface area contributed by atoms with Crippen LogP contribution >= 0.6 is 23.2 Å². The first kappa shape index (κ1) is 31.0. The summed E-state index contributed by atoms with van der Waals surface area (Å²) in [5.41, 5.74) is 7.02. The van der Waals surface area contributed by atoms with Crippen molar-refractivity contribution in [3.63, 3.8) is 0 Å². The first-order valence-corrected chi connectivity index (χ1v) is 16.6. The van der Waals surface area contributed by atoms with Crippen LogP contribution in [0.5, 0.6) is 0 Å². The predicted octanol–water partition coefficient (Wildman–Crippen LogP) is 3.84. The number of ketones is 1.